The highest BCUT2D eigenvalue weighted by Gasteiger charge is 2.26. The molecule has 0 spiro atoms. The quantitative estimate of drug-likeness (QED) is 0.793. The molecule has 0 radical (unpaired) electrons. The first kappa shape index (κ1) is 15.2. The van der Waals surface area contributed by atoms with Crippen molar-refractivity contribution in [3.8, 4) is 5.75 Å². The van der Waals surface area contributed by atoms with Crippen LogP contribution in [0, 0.1) is 5.41 Å². The number of nitrogens with one attached hydrogen (secondary N) is 1. The summed E-state index contributed by atoms with van der Waals surface area (Å²) in [6.07, 6.45) is 6.48. The van der Waals surface area contributed by atoms with Crippen molar-refractivity contribution in [3.05, 3.63) is 24.3 Å². The van der Waals surface area contributed by atoms with Gasteiger partial charge in [0.1, 0.15) is 5.75 Å². The fraction of sp³-hybridized carbons (Fsp3) is 0.667. The third-order valence-electron chi connectivity index (χ3n) is 4.46. The molecule has 2 nitrogen and oxygen atoms in total. The highest BCUT2D eigenvalue weighted by atomic mass is 16.5. The Kier molecular flexibility index (Phi) is 4.95. The highest BCUT2D eigenvalue weighted by molar-refractivity contribution is 5.49. The molecule has 0 heterocycles. The molecule has 1 unspecified atom stereocenters. The molecule has 1 atom stereocenters. The second-order valence-corrected chi connectivity index (χ2v) is 6.95. The molecule has 1 saturated carbocycles. The van der Waals surface area contributed by atoms with Gasteiger partial charge in [0, 0.05) is 17.8 Å². The van der Waals surface area contributed by atoms with Crippen LogP contribution in [0.25, 0.3) is 0 Å². The van der Waals surface area contributed by atoms with Gasteiger partial charge in [0.15, 0.2) is 0 Å². The number of benzene rings is 1. The molecular weight excluding hydrogens is 246 g/mol. The lowest BCUT2D eigenvalue weighted by molar-refractivity contribution is 0.217. The van der Waals surface area contributed by atoms with E-state index in [0.29, 0.717) is 11.5 Å². The van der Waals surface area contributed by atoms with Crippen LogP contribution in [0.4, 0.5) is 5.69 Å². The summed E-state index contributed by atoms with van der Waals surface area (Å²) in [6.45, 7) is 9.02. The summed E-state index contributed by atoms with van der Waals surface area (Å²) in [5.41, 5.74) is 1.72. The lowest BCUT2D eigenvalue weighted by Crippen LogP contribution is -2.29. The number of rotatable bonds is 5. The van der Waals surface area contributed by atoms with E-state index >= 15 is 0 Å². The van der Waals surface area contributed by atoms with Crippen molar-refractivity contribution in [2.75, 3.05) is 5.32 Å². The Hall–Kier alpha value is -1.18. The molecule has 112 valence electrons. The monoisotopic (exact) mass is 275 g/mol. The first-order valence-electron chi connectivity index (χ1n) is 8.02. The summed E-state index contributed by atoms with van der Waals surface area (Å²) in [4.78, 5) is 0. The van der Waals surface area contributed by atoms with Crippen molar-refractivity contribution in [1.82, 2.24) is 0 Å². The summed E-state index contributed by atoms with van der Waals surface area (Å²) in [5.74, 6) is 0.973. The molecule has 1 N–H and O–H groups in total. The first-order valence-corrected chi connectivity index (χ1v) is 8.02. The molecule has 1 fully saturated rings. The van der Waals surface area contributed by atoms with Gasteiger partial charge in [0.2, 0.25) is 0 Å². The Morgan fingerprint density at radius 1 is 1.30 bits per heavy atom. The van der Waals surface area contributed by atoms with Gasteiger partial charge in [-0.2, -0.15) is 0 Å². The molecular formula is C18H29NO. The Labute approximate surface area is 123 Å². The predicted octanol–water partition coefficient (Wildman–Crippen LogP) is 5.24. The summed E-state index contributed by atoms with van der Waals surface area (Å²) in [5, 5.41) is 3.67. The zero-order chi connectivity index (χ0) is 14.6. The van der Waals surface area contributed by atoms with Crippen LogP contribution in [0.2, 0.25) is 0 Å². The Balaban J connectivity index is 1.91. The van der Waals surface area contributed by atoms with Crippen molar-refractivity contribution in [3.63, 3.8) is 0 Å². The van der Waals surface area contributed by atoms with Crippen LogP contribution < -0.4 is 10.1 Å². The van der Waals surface area contributed by atoms with E-state index in [1.807, 2.05) is 6.07 Å². The van der Waals surface area contributed by atoms with Crippen LogP contribution in [-0.2, 0) is 0 Å². The molecule has 0 aliphatic heterocycles. The van der Waals surface area contributed by atoms with Crippen molar-refractivity contribution >= 4 is 5.69 Å². The second-order valence-electron chi connectivity index (χ2n) is 6.95. The molecule has 0 saturated heterocycles. The standard InChI is InChI=1S/C18H29NO/c1-5-14(2)20-17-8-6-7-16(13-17)19-15-9-11-18(3,4)12-10-15/h6-8,13-15,19H,5,9-12H2,1-4H3. The highest BCUT2D eigenvalue weighted by Crippen LogP contribution is 2.36. The van der Waals surface area contributed by atoms with E-state index in [4.69, 9.17) is 4.74 Å². The lowest BCUT2D eigenvalue weighted by Gasteiger charge is -2.35. The molecule has 2 heteroatoms. The van der Waals surface area contributed by atoms with Crippen LogP contribution in [0.5, 0.6) is 5.75 Å². The van der Waals surface area contributed by atoms with E-state index in [2.05, 4.69) is 51.2 Å². The Morgan fingerprint density at radius 3 is 2.65 bits per heavy atom. The van der Waals surface area contributed by atoms with Gasteiger partial charge in [0.25, 0.3) is 0 Å². The molecule has 1 aliphatic rings. The van der Waals surface area contributed by atoms with E-state index in [-0.39, 0.29) is 6.10 Å². The Morgan fingerprint density at radius 2 is 2.00 bits per heavy atom. The van der Waals surface area contributed by atoms with Gasteiger partial charge in [0.05, 0.1) is 6.10 Å². The molecule has 1 aromatic rings. The summed E-state index contributed by atoms with van der Waals surface area (Å²) in [6, 6.07) is 9.00. The normalized spacial score (nSPS) is 20.4. The number of hydrogen-bond acceptors (Lipinski definition) is 2. The van der Waals surface area contributed by atoms with Gasteiger partial charge in [-0.25, -0.2) is 0 Å². The Bertz CT molecular complexity index is 417. The lowest BCUT2D eigenvalue weighted by atomic mass is 9.75. The van der Waals surface area contributed by atoms with Crippen molar-refractivity contribution in [1.29, 1.82) is 0 Å². The maximum atomic E-state index is 5.89. The van der Waals surface area contributed by atoms with Gasteiger partial charge in [-0.05, 0) is 56.6 Å². The van der Waals surface area contributed by atoms with Gasteiger partial charge in [-0.15, -0.1) is 0 Å². The molecule has 20 heavy (non-hydrogen) atoms. The SMILES string of the molecule is CCC(C)Oc1cccc(NC2CCC(C)(C)CC2)c1. The number of ether oxygens (including phenoxy) is 1. The maximum Gasteiger partial charge on any atom is 0.121 e. The average molecular weight is 275 g/mol. The second kappa shape index (κ2) is 6.51. The van der Waals surface area contributed by atoms with Crippen molar-refractivity contribution in [2.24, 2.45) is 5.41 Å². The molecule has 1 aliphatic carbocycles. The fourth-order valence-corrected chi connectivity index (χ4v) is 2.75. The summed E-state index contributed by atoms with van der Waals surface area (Å²) < 4.78 is 5.89. The molecule has 2 rings (SSSR count). The average Bonchev–Trinajstić information content (AvgIpc) is 2.41. The predicted molar refractivity (Wildman–Crippen MR) is 86.5 cm³/mol. The maximum absolute atomic E-state index is 5.89. The van der Waals surface area contributed by atoms with Crippen molar-refractivity contribution in [2.45, 2.75) is 71.9 Å². The van der Waals surface area contributed by atoms with Crippen LogP contribution in [0.1, 0.15) is 59.8 Å². The van der Waals surface area contributed by atoms with Gasteiger partial charge in [-0.3, -0.25) is 0 Å². The van der Waals surface area contributed by atoms with Gasteiger partial charge < -0.3 is 10.1 Å². The molecule has 0 aromatic heterocycles. The van der Waals surface area contributed by atoms with E-state index in [0.717, 1.165) is 12.2 Å². The van der Waals surface area contributed by atoms with Gasteiger partial charge in [-0.1, -0.05) is 26.8 Å². The molecule has 0 bridgehead atoms. The van der Waals surface area contributed by atoms with Crippen LogP contribution in [0.3, 0.4) is 0 Å². The van der Waals surface area contributed by atoms with Crippen LogP contribution >= 0.6 is 0 Å². The van der Waals surface area contributed by atoms with E-state index < -0.39 is 0 Å². The third-order valence-corrected chi connectivity index (χ3v) is 4.46. The minimum atomic E-state index is 0.278. The zero-order valence-electron chi connectivity index (χ0n) is 13.4. The minimum absolute atomic E-state index is 0.278. The summed E-state index contributed by atoms with van der Waals surface area (Å²) >= 11 is 0. The molecule has 1 aromatic carbocycles. The van der Waals surface area contributed by atoms with E-state index in [1.165, 1.54) is 31.4 Å². The van der Waals surface area contributed by atoms with E-state index in [9.17, 15) is 0 Å². The topological polar surface area (TPSA) is 21.3 Å². The largest absolute Gasteiger partial charge is 0.491 e. The van der Waals surface area contributed by atoms with Crippen LogP contribution in [-0.4, -0.2) is 12.1 Å². The fourth-order valence-electron chi connectivity index (χ4n) is 2.75. The van der Waals surface area contributed by atoms with Crippen molar-refractivity contribution < 1.29 is 4.74 Å². The number of anilines is 1. The molecule has 0 amide bonds. The smallest absolute Gasteiger partial charge is 0.121 e. The van der Waals surface area contributed by atoms with Gasteiger partial charge >= 0.3 is 0 Å². The third kappa shape index (κ3) is 4.43. The summed E-state index contributed by atoms with van der Waals surface area (Å²) in [7, 11) is 0. The van der Waals surface area contributed by atoms with Crippen LogP contribution in [0.15, 0.2) is 24.3 Å². The zero-order valence-corrected chi connectivity index (χ0v) is 13.4. The first-order chi connectivity index (χ1) is 9.48. The number of hydrogen-bond donors (Lipinski definition) is 1. The minimum Gasteiger partial charge on any atom is -0.491 e. The van der Waals surface area contributed by atoms with E-state index in [1.54, 1.807) is 0 Å².